The first-order chi connectivity index (χ1) is 11.1. The third-order valence-electron chi connectivity index (χ3n) is 4.96. The summed E-state index contributed by atoms with van der Waals surface area (Å²) in [5.41, 5.74) is 6.56. The summed E-state index contributed by atoms with van der Waals surface area (Å²) < 4.78 is 0. The molecule has 3 rings (SSSR count). The summed E-state index contributed by atoms with van der Waals surface area (Å²) >= 11 is 5.88. The summed E-state index contributed by atoms with van der Waals surface area (Å²) in [5, 5.41) is 3.57. The van der Waals surface area contributed by atoms with Crippen LogP contribution in [0.1, 0.15) is 25.7 Å². The van der Waals surface area contributed by atoms with Gasteiger partial charge in [0.05, 0.1) is 0 Å². The highest BCUT2D eigenvalue weighted by Crippen LogP contribution is 2.31. The molecule has 3 atom stereocenters. The molecule has 1 heterocycles. The van der Waals surface area contributed by atoms with E-state index in [2.05, 4.69) is 5.32 Å². The fraction of sp³-hybridized carbons (Fsp3) is 0.529. The average molecular weight is 372 g/mol. The number of nitrogens with two attached hydrogens (primary N) is 1. The Balaban J connectivity index is 0.00000208. The minimum Gasteiger partial charge on any atom is -0.344 e. The summed E-state index contributed by atoms with van der Waals surface area (Å²) in [6.45, 7) is 1.14. The van der Waals surface area contributed by atoms with Crippen LogP contribution in [-0.2, 0) is 9.59 Å². The molecular formula is C17H23Cl2N3O2. The van der Waals surface area contributed by atoms with Crippen LogP contribution in [0.4, 0.5) is 5.69 Å². The topological polar surface area (TPSA) is 75.4 Å². The van der Waals surface area contributed by atoms with E-state index in [9.17, 15) is 9.59 Å². The van der Waals surface area contributed by atoms with Crippen LogP contribution in [0.15, 0.2) is 24.3 Å². The van der Waals surface area contributed by atoms with Crippen molar-refractivity contribution in [3.05, 3.63) is 29.3 Å². The second-order valence-electron chi connectivity index (χ2n) is 6.35. The van der Waals surface area contributed by atoms with Gasteiger partial charge >= 0.3 is 0 Å². The van der Waals surface area contributed by atoms with E-state index in [0.29, 0.717) is 24.5 Å². The number of carbonyl (C=O) groups is 2. The van der Waals surface area contributed by atoms with Crippen molar-refractivity contribution in [2.24, 2.45) is 17.6 Å². The smallest absolute Gasteiger partial charge is 0.249 e. The second-order valence-corrected chi connectivity index (χ2v) is 6.79. The number of nitrogens with zero attached hydrogens (tertiary/aromatic N) is 1. The Morgan fingerprint density at radius 1 is 1.25 bits per heavy atom. The van der Waals surface area contributed by atoms with Crippen molar-refractivity contribution in [1.82, 2.24) is 5.32 Å². The Labute approximate surface area is 153 Å². The van der Waals surface area contributed by atoms with Gasteiger partial charge in [-0.1, -0.05) is 18.0 Å². The van der Waals surface area contributed by atoms with Crippen molar-refractivity contribution >= 4 is 41.5 Å². The summed E-state index contributed by atoms with van der Waals surface area (Å²) in [4.78, 5) is 26.7. The average Bonchev–Trinajstić information content (AvgIpc) is 3.16. The molecule has 2 aliphatic rings. The number of benzene rings is 1. The third-order valence-corrected chi connectivity index (χ3v) is 5.21. The van der Waals surface area contributed by atoms with Crippen molar-refractivity contribution in [3.63, 3.8) is 0 Å². The lowest BCUT2D eigenvalue weighted by Crippen LogP contribution is -2.45. The fourth-order valence-corrected chi connectivity index (χ4v) is 3.76. The van der Waals surface area contributed by atoms with Gasteiger partial charge in [-0.15, -0.1) is 12.4 Å². The Bertz CT molecular complexity index is 594. The quantitative estimate of drug-likeness (QED) is 0.852. The molecular weight excluding hydrogens is 349 g/mol. The molecule has 2 amide bonds. The molecule has 24 heavy (non-hydrogen) atoms. The first-order valence-corrected chi connectivity index (χ1v) is 8.55. The minimum atomic E-state index is -0.433. The molecule has 0 spiro atoms. The predicted molar refractivity (Wildman–Crippen MR) is 97.5 cm³/mol. The Morgan fingerprint density at radius 3 is 2.62 bits per heavy atom. The van der Waals surface area contributed by atoms with Gasteiger partial charge in [-0.05, 0) is 56.0 Å². The van der Waals surface area contributed by atoms with E-state index >= 15 is 0 Å². The maximum absolute atomic E-state index is 12.5. The highest BCUT2D eigenvalue weighted by molar-refractivity contribution is 6.30. The van der Waals surface area contributed by atoms with Gasteiger partial charge in [0, 0.05) is 23.2 Å². The Kier molecular flexibility index (Phi) is 6.49. The molecule has 1 unspecified atom stereocenters. The molecule has 1 saturated heterocycles. The van der Waals surface area contributed by atoms with Crippen molar-refractivity contribution in [2.75, 3.05) is 18.0 Å². The highest BCUT2D eigenvalue weighted by Gasteiger charge is 2.37. The number of amides is 2. The summed E-state index contributed by atoms with van der Waals surface area (Å²) in [7, 11) is 0. The van der Waals surface area contributed by atoms with Crippen LogP contribution in [-0.4, -0.2) is 30.9 Å². The SMILES string of the molecule is Cl.NC[C@H]1CCC[C@H]1C(=O)NC1CCN(c2ccc(Cl)cc2)C1=O. The van der Waals surface area contributed by atoms with E-state index in [1.165, 1.54) is 0 Å². The van der Waals surface area contributed by atoms with E-state index in [-0.39, 0.29) is 36.1 Å². The number of anilines is 1. The zero-order chi connectivity index (χ0) is 16.4. The normalized spacial score (nSPS) is 26.3. The number of hydrogen-bond donors (Lipinski definition) is 2. The van der Waals surface area contributed by atoms with Gasteiger partial charge < -0.3 is 16.0 Å². The summed E-state index contributed by atoms with van der Waals surface area (Å²) in [6.07, 6.45) is 3.54. The summed E-state index contributed by atoms with van der Waals surface area (Å²) in [5.74, 6) is 0.133. The van der Waals surface area contributed by atoms with E-state index in [4.69, 9.17) is 17.3 Å². The van der Waals surface area contributed by atoms with Crippen LogP contribution in [0.25, 0.3) is 0 Å². The Hall–Kier alpha value is -1.30. The van der Waals surface area contributed by atoms with Crippen LogP contribution >= 0.6 is 24.0 Å². The lowest BCUT2D eigenvalue weighted by Gasteiger charge is -2.21. The van der Waals surface area contributed by atoms with Gasteiger partial charge in [0.1, 0.15) is 6.04 Å². The first kappa shape index (κ1) is 19.0. The largest absolute Gasteiger partial charge is 0.344 e. The summed E-state index contributed by atoms with van der Waals surface area (Å²) in [6, 6.07) is 6.75. The molecule has 0 aromatic heterocycles. The molecule has 1 aromatic carbocycles. The van der Waals surface area contributed by atoms with Crippen molar-refractivity contribution in [2.45, 2.75) is 31.7 Å². The number of halogens is 2. The number of carbonyl (C=O) groups excluding carboxylic acids is 2. The molecule has 1 aliphatic carbocycles. The minimum absolute atomic E-state index is 0. The van der Waals surface area contributed by atoms with Crippen LogP contribution in [0.2, 0.25) is 5.02 Å². The van der Waals surface area contributed by atoms with Gasteiger partial charge in [-0.25, -0.2) is 0 Å². The number of hydrogen-bond acceptors (Lipinski definition) is 3. The van der Waals surface area contributed by atoms with E-state index in [0.717, 1.165) is 24.9 Å². The fourth-order valence-electron chi connectivity index (χ4n) is 3.63. The van der Waals surface area contributed by atoms with Gasteiger partial charge in [0.15, 0.2) is 0 Å². The van der Waals surface area contributed by atoms with Crippen molar-refractivity contribution in [3.8, 4) is 0 Å². The van der Waals surface area contributed by atoms with E-state index in [1.54, 1.807) is 17.0 Å². The maximum Gasteiger partial charge on any atom is 0.249 e. The van der Waals surface area contributed by atoms with Crippen molar-refractivity contribution in [1.29, 1.82) is 0 Å². The lowest BCUT2D eigenvalue weighted by atomic mass is 9.95. The van der Waals surface area contributed by atoms with Crippen LogP contribution in [0, 0.1) is 11.8 Å². The van der Waals surface area contributed by atoms with E-state index < -0.39 is 6.04 Å². The van der Waals surface area contributed by atoms with Crippen LogP contribution in [0.5, 0.6) is 0 Å². The predicted octanol–water partition coefficient (Wildman–Crippen LogP) is 2.36. The molecule has 1 saturated carbocycles. The first-order valence-electron chi connectivity index (χ1n) is 8.17. The van der Waals surface area contributed by atoms with E-state index in [1.807, 2.05) is 12.1 Å². The molecule has 3 N–H and O–H groups in total. The van der Waals surface area contributed by atoms with Crippen LogP contribution < -0.4 is 16.0 Å². The van der Waals surface area contributed by atoms with Gasteiger partial charge in [0.2, 0.25) is 11.8 Å². The molecule has 0 bridgehead atoms. The third kappa shape index (κ3) is 3.85. The molecule has 132 valence electrons. The van der Waals surface area contributed by atoms with Gasteiger partial charge in [-0.3, -0.25) is 9.59 Å². The number of nitrogens with one attached hydrogen (secondary N) is 1. The zero-order valence-corrected chi connectivity index (χ0v) is 15.0. The maximum atomic E-state index is 12.5. The molecule has 7 heteroatoms. The zero-order valence-electron chi connectivity index (χ0n) is 13.4. The lowest BCUT2D eigenvalue weighted by molar-refractivity contribution is -0.129. The van der Waals surface area contributed by atoms with Gasteiger partial charge in [-0.2, -0.15) is 0 Å². The monoisotopic (exact) mass is 371 g/mol. The molecule has 1 aromatic rings. The van der Waals surface area contributed by atoms with Crippen LogP contribution in [0.3, 0.4) is 0 Å². The molecule has 1 aliphatic heterocycles. The molecule has 0 radical (unpaired) electrons. The van der Waals surface area contributed by atoms with Gasteiger partial charge in [0.25, 0.3) is 0 Å². The highest BCUT2D eigenvalue weighted by atomic mass is 35.5. The Morgan fingerprint density at radius 2 is 1.96 bits per heavy atom. The number of rotatable bonds is 4. The molecule has 2 fully saturated rings. The second kappa shape index (κ2) is 8.19. The van der Waals surface area contributed by atoms with Crippen molar-refractivity contribution < 1.29 is 9.59 Å². The standard InChI is InChI=1S/C17H22ClN3O2.ClH/c18-12-4-6-13(7-5-12)21-9-8-15(17(21)23)20-16(22)14-3-1-2-11(14)10-19;/h4-7,11,14-15H,1-3,8-10,19H2,(H,20,22);1H/t11-,14-,15?;/m1./s1. The molecule has 5 nitrogen and oxygen atoms in total.